The maximum atomic E-state index is 12.8. The van der Waals surface area contributed by atoms with Crippen LogP contribution < -0.4 is 9.47 Å². The minimum absolute atomic E-state index is 0.245. The highest BCUT2D eigenvalue weighted by molar-refractivity contribution is 6.29. The number of rotatable bonds is 5. The molecule has 0 N–H and O–H groups in total. The maximum Gasteiger partial charge on any atom is 0.416 e. The van der Waals surface area contributed by atoms with Gasteiger partial charge in [0.15, 0.2) is 0 Å². The number of methoxy groups -OCH3 is 1. The van der Waals surface area contributed by atoms with Gasteiger partial charge in [-0.25, -0.2) is 19.9 Å². The maximum absolute atomic E-state index is 12.8. The first kappa shape index (κ1) is 33.1. The van der Waals surface area contributed by atoms with Crippen molar-refractivity contribution in [1.82, 2.24) is 24.9 Å². The zero-order valence-corrected chi connectivity index (χ0v) is 25.2. The van der Waals surface area contributed by atoms with Crippen LogP contribution in [0.25, 0.3) is 33.4 Å². The number of nitrogens with zero attached hydrogens (tertiary/aromatic N) is 5. The molecule has 3 aromatic carbocycles. The van der Waals surface area contributed by atoms with Crippen molar-refractivity contribution in [3.05, 3.63) is 120 Å². The van der Waals surface area contributed by atoms with Gasteiger partial charge in [0.25, 0.3) is 0 Å². The van der Waals surface area contributed by atoms with Gasteiger partial charge in [-0.1, -0.05) is 35.9 Å². The van der Waals surface area contributed by atoms with Gasteiger partial charge in [0.1, 0.15) is 29.3 Å². The molecule has 3 aromatic heterocycles. The molecule has 0 saturated carbocycles. The van der Waals surface area contributed by atoms with E-state index in [-0.39, 0.29) is 11.0 Å². The van der Waals surface area contributed by atoms with Crippen molar-refractivity contribution in [2.45, 2.75) is 19.3 Å². The predicted octanol–water partition coefficient (Wildman–Crippen LogP) is 9.64. The Labute approximate surface area is 268 Å². The summed E-state index contributed by atoms with van der Waals surface area (Å²) in [5, 5.41) is 0.990. The topological polar surface area (TPSA) is 82.9 Å². The summed E-state index contributed by atoms with van der Waals surface area (Å²) in [5.74, 6) is 1.45. The molecular formula is C33H22ClF6N5O2. The number of ether oxygens (including phenoxy) is 2. The normalized spacial score (nSPS) is 11.5. The van der Waals surface area contributed by atoms with Crippen molar-refractivity contribution in [3.63, 3.8) is 0 Å². The van der Waals surface area contributed by atoms with E-state index < -0.39 is 23.5 Å². The van der Waals surface area contributed by atoms with Crippen LogP contribution in [0, 0.1) is 6.92 Å². The zero-order chi connectivity index (χ0) is 33.8. The summed E-state index contributed by atoms with van der Waals surface area (Å²) in [4.78, 5) is 20.4. The second kappa shape index (κ2) is 13.6. The van der Waals surface area contributed by atoms with E-state index in [9.17, 15) is 26.3 Å². The van der Waals surface area contributed by atoms with E-state index >= 15 is 0 Å². The van der Waals surface area contributed by atoms with E-state index in [1.54, 1.807) is 19.2 Å². The Morgan fingerprint density at radius 2 is 1.19 bits per heavy atom. The van der Waals surface area contributed by atoms with Crippen LogP contribution in [-0.4, -0.2) is 32.0 Å². The van der Waals surface area contributed by atoms with Gasteiger partial charge in [-0.2, -0.15) is 26.3 Å². The van der Waals surface area contributed by atoms with Gasteiger partial charge < -0.3 is 9.47 Å². The van der Waals surface area contributed by atoms with Crippen molar-refractivity contribution < 1.29 is 35.8 Å². The van der Waals surface area contributed by atoms with E-state index in [1.807, 2.05) is 25.1 Å². The summed E-state index contributed by atoms with van der Waals surface area (Å²) in [6.45, 7) is 1.85. The molecule has 0 aliphatic carbocycles. The van der Waals surface area contributed by atoms with Crippen molar-refractivity contribution in [2.24, 2.45) is 0 Å². The lowest BCUT2D eigenvalue weighted by atomic mass is 10.1. The van der Waals surface area contributed by atoms with Crippen LogP contribution in [0.15, 0.2) is 97.6 Å². The largest absolute Gasteiger partial charge is 0.497 e. The highest BCUT2D eigenvalue weighted by Gasteiger charge is 2.30. The minimum Gasteiger partial charge on any atom is -0.497 e. The van der Waals surface area contributed by atoms with Gasteiger partial charge in [0.2, 0.25) is 5.88 Å². The number of aromatic nitrogens is 5. The van der Waals surface area contributed by atoms with Crippen LogP contribution in [0.5, 0.6) is 17.4 Å². The first-order valence-corrected chi connectivity index (χ1v) is 14.0. The molecule has 0 unspecified atom stereocenters. The number of hydrogen-bond acceptors (Lipinski definition) is 7. The minimum atomic E-state index is -4.39. The molecule has 0 aliphatic heterocycles. The van der Waals surface area contributed by atoms with Gasteiger partial charge in [-0.3, -0.25) is 4.98 Å². The van der Waals surface area contributed by atoms with Crippen LogP contribution in [-0.2, 0) is 12.4 Å². The number of pyridine rings is 1. The molecule has 0 saturated heterocycles. The fraction of sp³-hybridized carbons (Fsp3) is 0.121. The van der Waals surface area contributed by atoms with E-state index in [2.05, 4.69) is 24.9 Å². The fourth-order valence-corrected chi connectivity index (χ4v) is 4.48. The van der Waals surface area contributed by atoms with Crippen molar-refractivity contribution in [2.75, 3.05) is 7.11 Å². The lowest BCUT2D eigenvalue weighted by Gasteiger charge is -2.11. The Morgan fingerprint density at radius 1 is 0.638 bits per heavy atom. The van der Waals surface area contributed by atoms with Crippen LogP contribution in [0.2, 0.25) is 5.15 Å². The summed E-state index contributed by atoms with van der Waals surface area (Å²) < 4.78 is 86.6. The molecule has 0 fully saturated rings. The number of fused-ring (bicyclic) bond motifs is 1. The molecule has 0 atom stereocenters. The molecule has 14 heteroatoms. The molecule has 0 radical (unpaired) electrons. The monoisotopic (exact) mass is 669 g/mol. The molecule has 47 heavy (non-hydrogen) atoms. The number of halogens is 7. The molecular weight excluding hydrogens is 648 g/mol. The third-order valence-corrected chi connectivity index (χ3v) is 6.82. The van der Waals surface area contributed by atoms with E-state index in [0.29, 0.717) is 34.0 Å². The molecule has 6 aromatic rings. The lowest BCUT2D eigenvalue weighted by Crippen LogP contribution is -2.04. The van der Waals surface area contributed by atoms with Gasteiger partial charge >= 0.3 is 12.4 Å². The van der Waals surface area contributed by atoms with Crippen LogP contribution >= 0.6 is 11.6 Å². The summed E-state index contributed by atoms with van der Waals surface area (Å²) in [7, 11) is 1.57. The predicted molar refractivity (Wildman–Crippen MR) is 163 cm³/mol. The summed E-state index contributed by atoms with van der Waals surface area (Å²) in [6, 6.07) is 19.8. The number of hydrogen-bond donors (Lipinski definition) is 0. The average Bonchev–Trinajstić information content (AvgIpc) is 3.04. The van der Waals surface area contributed by atoms with Gasteiger partial charge in [-0.05, 0) is 49.4 Å². The molecule has 240 valence electrons. The van der Waals surface area contributed by atoms with Gasteiger partial charge in [0.05, 0.1) is 35.1 Å². The van der Waals surface area contributed by atoms with Crippen molar-refractivity contribution >= 4 is 22.5 Å². The van der Waals surface area contributed by atoms with Gasteiger partial charge in [0, 0.05) is 40.4 Å². The summed E-state index contributed by atoms with van der Waals surface area (Å²) >= 11 is 5.67. The molecule has 0 spiro atoms. The van der Waals surface area contributed by atoms with Crippen LogP contribution in [0.4, 0.5) is 26.3 Å². The molecule has 0 bridgehead atoms. The molecule has 7 nitrogen and oxygen atoms in total. The highest BCUT2D eigenvalue weighted by Crippen LogP contribution is 2.34. The Balaban J connectivity index is 0.000000216. The standard InChI is InChI=1S/C22H16F3N3O2.C11H6ClF3N2/c1-13-9-20(17-10-16(29-2)7-8-18(17)28-13)30-21-11-19(26-12-27-21)14-3-5-15(6-4-14)22(23,24)25;12-10-5-9(16-6-17-10)7-1-3-8(4-2-7)11(13,14)15/h3-12H,1-2H3;1-6H. The molecule has 0 amide bonds. The first-order chi connectivity index (χ1) is 22.3. The van der Waals surface area contributed by atoms with E-state index in [0.717, 1.165) is 40.9 Å². The van der Waals surface area contributed by atoms with Gasteiger partial charge in [-0.15, -0.1) is 0 Å². The Bertz CT molecular complexity index is 2000. The van der Waals surface area contributed by atoms with Crippen molar-refractivity contribution in [3.8, 4) is 39.9 Å². The summed E-state index contributed by atoms with van der Waals surface area (Å²) in [5.41, 5.74) is 2.10. The Morgan fingerprint density at radius 3 is 1.72 bits per heavy atom. The highest BCUT2D eigenvalue weighted by atomic mass is 35.5. The lowest BCUT2D eigenvalue weighted by molar-refractivity contribution is -0.138. The number of alkyl halides is 6. The van der Waals surface area contributed by atoms with Crippen molar-refractivity contribution in [1.29, 1.82) is 0 Å². The van der Waals surface area contributed by atoms with Crippen LogP contribution in [0.3, 0.4) is 0 Å². The quantitative estimate of drug-likeness (QED) is 0.134. The molecule has 0 aliphatic rings. The third kappa shape index (κ3) is 8.30. The van der Waals surface area contributed by atoms with E-state index in [1.165, 1.54) is 43.0 Å². The SMILES string of the molecule is COc1ccc2nc(C)cc(Oc3cc(-c4ccc(C(F)(F)F)cc4)ncn3)c2c1.FC(F)(F)c1ccc(-c2cc(Cl)ncn2)cc1. The molecule has 6 rings (SSSR count). The number of aryl methyl sites for hydroxylation is 1. The average molecular weight is 670 g/mol. The Kier molecular flexibility index (Phi) is 9.56. The van der Waals surface area contributed by atoms with E-state index in [4.69, 9.17) is 21.1 Å². The van der Waals surface area contributed by atoms with Crippen LogP contribution in [0.1, 0.15) is 16.8 Å². The number of benzene rings is 3. The first-order valence-electron chi connectivity index (χ1n) is 13.6. The second-order valence-corrected chi connectivity index (χ2v) is 10.3. The fourth-order valence-electron chi connectivity index (χ4n) is 4.33. The second-order valence-electron chi connectivity index (χ2n) is 9.86. The molecule has 3 heterocycles. The zero-order valence-electron chi connectivity index (χ0n) is 24.4. The summed E-state index contributed by atoms with van der Waals surface area (Å²) in [6.07, 6.45) is -6.16. The Hall–Kier alpha value is -5.30. The smallest absolute Gasteiger partial charge is 0.416 e. The third-order valence-electron chi connectivity index (χ3n) is 6.61.